The van der Waals surface area contributed by atoms with Gasteiger partial charge in [0.05, 0.1) is 12.3 Å². The SMILES string of the molecule is CC(C)Oc1cccc(/C=N\NC(=O)c2ccc(I)cc2)c1. The predicted octanol–water partition coefficient (Wildman–Crippen LogP) is 3.84. The molecule has 0 fully saturated rings. The Balaban J connectivity index is 1.97. The van der Waals surface area contributed by atoms with E-state index < -0.39 is 0 Å². The molecule has 0 atom stereocenters. The summed E-state index contributed by atoms with van der Waals surface area (Å²) in [5, 5.41) is 3.98. The largest absolute Gasteiger partial charge is 0.491 e. The summed E-state index contributed by atoms with van der Waals surface area (Å²) >= 11 is 2.19. The minimum Gasteiger partial charge on any atom is -0.491 e. The third kappa shape index (κ3) is 5.14. The Hall–Kier alpha value is -1.89. The third-order valence-corrected chi connectivity index (χ3v) is 3.44. The molecule has 0 aliphatic heterocycles. The van der Waals surface area contributed by atoms with Gasteiger partial charge in [0.25, 0.3) is 5.91 Å². The van der Waals surface area contributed by atoms with Gasteiger partial charge in [0.15, 0.2) is 0 Å². The summed E-state index contributed by atoms with van der Waals surface area (Å²) in [5.74, 6) is 0.546. The van der Waals surface area contributed by atoms with Crippen molar-refractivity contribution in [1.82, 2.24) is 5.43 Å². The maximum atomic E-state index is 11.9. The summed E-state index contributed by atoms with van der Waals surface area (Å²) in [7, 11) is 0. The fraction of sp³-hybridized carbons (Fsp3) is 0.176. The Kier molecular flexibility index (Phi) is 5.94. The predicted molar refractivity (Wildman–Crippen MR) is 96.4 cm³/mol. The van der Waals surface area contributed by atoms with Crippen molar-refractivity contribution in [2.24, 2.45) is 5.10 Å². The van der Waals surface area contributed by atoms with E-state index in [0.717, 1.165) is 14.9 Å². The van der Waals surface area contributed by atoms with Crippen molar-refractivity contribution < 1.29 is 9.53 Å². The summed E-state index contributed by atoms with van der Waals surface area (Å²) < 4.78 is 6.70. The topological polar surface area (TPSA) is 50.7 Å². The molecule has 0 aliphatic rings. The molecule has 2 aromatic rings. The van der Waals surface area contributed by atoms with E-state index in [1.807, 2.05) is 50.2 Å². The number of hydrogen-bond donors (Lipinski definition) is 1. The molecule has 2 rings (SSSR count). The highest BCUT2D eigenvalue weighted by Gasteiger charge is 2.03. The van der Waals surface area contributed by atoms with Crippen molar-refractivity contribution in [3.63, 3.8) is 0 Å². The third-order valence-electron chi connectivity index (χ3n) is 2.72. The highest BCUT2D eigenvalue weighted by Crippen LogP contribution is 2.13. The van der Waals surface area contributed by atoms with Gasteiger partial charge in [0.2, 0.25) is 0 Å². The van der Waals surface area contributed by atoms with Crippen molar-refractivity contribution in [3.8, 4) is 5.75 Å². The molecule has 0 aliphatic carbocycles. The first-order valence-electron chi connectivity index (χ1n) is 6.90. The molecule has 0 aromatic heterocycles. The van der Waals surface area contributed by atoms with Crippen LogP contribution in [0, 0.1) is 3.57 Å². The molecular formula is C17H17IN2O2. The Morgan fingerprint density at radius 2 is 1.95 bits per heavy atom. The van der Waals surface area contributed by atoms with E-state index in [9.17, 15) is 4.79 Å². The van der Waals surface area contributed by atoms with Crippen molar-refractivity contribution >= 4 is 34.7 Å². The Morgan fingerprint density at radius 3 is 2.64 bits per heavy atom. The minimum absolute atomic E-state index is 0.118. The van der Waals surface area contributed by atoms with Gasteiger partial charge in [0, 0.05) is 9.13 Å². The highest BCUT2D eigenvalue weighted by atomic mass is 127. The van der Waals surface area contributed by atoms with Gasteiger partial charge < -0.3 is 4.74 Å². The summed E-state index contributed by atoms with van der Waals surface area (Å²) in [6.45, 7) is 3.95. The number of carbonyl (C=O) groups excluding carboxylic acids is 1. The molecule has 5 heteroatoms. The Labute approximate surface area is 143 Å². The van der Waals surface area contributed by atoms with Gasteiger partial charge in [-0.15, -0.1) is 0 Å². The van der Waals surface area contributed by atoms with Crippen LogP contribution in [0.25, 0.3) is 0 Å². The number of nitrogens with zero attached hydrogens (tertiary/aromatic N) is 1. The molecule has 1 amide bonds. The van der Waals surface area contributed by atoms with Crippen LogP contribution in [0.3, 0.4) is 0 Å². The van der Waals surface area contributed by atoms with E-state index in [0.29, 0.717) is 5.56 Å². The van der Waals surface area contributed by atoms with Crippen LogP contribution in [-0.4, -0.2) is 18.2 Å². The van der Waals surface area contributed by atoms with Crippen LogP contribution in [0.1, 0.15) is 29.8 Å². The van der Waals surface area contributed by atoms with Crippen molar-refractivity contribution in [2.75, 3.05) is 0 Å². The Morgan fingerprint density at radius 1 is 1.23 bits per heavy atom. The second-order valence-electron chi connectivity index (χ2n) is 4.95. The number of benzene rings is 2. The molecule has 22 heavy (non-hydrogen) atoms. The number of ether oxygens (including phenoxy) is 1. The van der Waals surface area contributed by atoms with E-state index >= 15 is 0 Å². The fourth-order valence-corrected chi connectivity index (χ4v) is 2.13. The van der Waals surface area contributed by atoms with E-state index in [4.69, 9.17) is 4.74 Å². The number of halogens is 1. The monoisotopic (exact) mass is 408 g/mol. The van der Waals surface area contributed by atoms with Crippen molar-refractivity contribution in [1.29, 1.82) is 0 Å². The zero-order valence-electron chi connectivity index (χ0n) is 12.4. The molecule has 1 N–H and O–H groups in total. The number of hydrazone groups is 1. The molecule has 2 aromatic carbocycles. The molecule has 4 nitrogen and oxygen atoms in total. The lowest BCUT2D eigenvalue weighted by Crippen LogP contribution is -2.17. The van der Waals surface area contributed by atoms with Crippen molar-refractivity contribution in [2.45, 2.75) is 20.0 Å². The summed E-state index contributed by atoms with van der Waals surface area (Å²) in [6.07, 6.45) is 1.71. The second kappa shape index (κ2) is 7.93. The van der Waals surface area contributed by atoms with Crippen molar-refractivity contribution in [3.05, 3.63) is 63.2 Å². The minimum atomic E-state index is -0.234. The molecular weight excluding hydrogens is 391 g/mol. The maximum absolute atomic E-state index is 11.9. The van der Waals surface area contributed by atoms with Gasteiger partial charge in [0.1, 0.15) is 5.75 Å². The molecule has 0 bridgehead atoms. The molecule has 0 saturated heterocycles. The second-order valence-corrected chi connectivity index (χ2v) is 6.19. The van der Waals surface area contributed by atoms with Gasteiger partial charge in [-0.3, -0.25) is 4.79 Å². The molecule has 0 unspecified atom stereocenters. The number of nitrogens with one attached hydrogen (secondary N) is 1. The number of rotatable bonds is 5. The first-order chi connectivity index (χ1) is 10.5. The van der Waals surface area contributed by atoms with E-state index in [2.05, 4.69) is 33.1 Å². The summed E-state index contributed by atoms with van der Waals surface area (Å²) in [5.41, 5.74) is 3.95. The zero-order valence-corrected chi connectivity index (χ0v) is 14.6. The van der Waals surface area contributed by atoms with Gasteiger partial charge in [-0.05, 0) is 78.4 Å². The van der Waals surface area contributed by atoms with Crippen LogP contribution < -0.4 is 10.2 Å². The lowest BCUT2D eigenvalue weighted by atomic mass is 10.2. The zero-order chi connectivity index (χ0) is 15.9. The molecule has 0 spiro atoms. The smallest absolute Gasteiger partial charge is 0.271 e. The van der Waals surface area contributed by atoms with Crippen LogP contribution in [0.4, 0.5) is 0 Å². The van der Waals surface area contributed by atoms with Crippen LogP contribution in [-0.2, 0) is 0 Å². The number of carbonyl (C=O) groups is 1. The average molecular weight is 408 g/mol. The lowest BCUT2D eigenvalue weighted by molar-refractivity contribution is 0.0955. The fourth-order valence-electron chi connectivity index (χ4n) is 1.77. The van der Waals surface area contributed by atoms with Crippen LogP contribution in [0.15, 0.2) is 53.6 Å². The quantitative estimate of drug-likeness (QED) is 0.465. The van der Waals surface area contributed by atoms with Gasteiger partial charge in [-0.25, -0.2) is 5.43 Å². The van der Waals surface area contributed by atoms with E-state index in [1.54, 1.807) is 18.3 Å². The Bertz CT molecular complexity index is 667. The first kappa shape index (κ1) is 16.5. The van der Waals surface area contributed by atoms with E-state index in [1.165, 1.54) is 0 Å². The maximum Gasteiger partial charge on any atom is 0.271 e. The number of amides is 1. The molecule has 114 valence electrons. The molecule has 0 radical (unpaired) electrons. The van der Waals surface area contributed by atoms with E-state index in [-0.39, 0.29) is 12.0 Å². The molecule has 0 saturated carbocycles. The van der Waals surface area contributed by atoms with Crippen LogP contribution in [0.2, 0.25) is 0 Å². The highest BCUT2D eigenvalue weighted by molar-refractivity contribution is 14.1. The van der Waals surface area contributed by atoms with Gasteiger partial charge in [-0.1, -0.05) is 12.1 Å². The summed E-state index contributed by atoms with van der Waals surface area (Å²) in [4.78, 5) is 11.9. The summed E-state index contributed by atoms with van der Waals surface area (Å²) in [6, 6.07) is 14.8. The first-order valence-corrected chi connectivity index (χ1v) is 7.98. The number of hydrogen-bond acceptors (Lipinski definition) is 3. The van der Waals surface area contributed by atoms with Gasteiger partial charge >= 0.3 is 0 Å². The van der Waals surface area contributed by atoms with Crippen LogP contribution in [0.5, 0.6) is 5.75 Å². The molecule has 0 heterocycles. The average Bonchev–Trinajstić information content (AvgIpc) is 2.47. The van der Waals surface area contributed by atoms with Gasteiger partial charge in [-0.2, -0.15) is 5.10 Å². The standard InChI is InChI=1S/C17H17IN2O2/c1-12(2)22-16-5-3-4-13(10-16)11-19-20-17(21)14-6-8-15(18)9-7-14/h3-12H,1-2H3,(H,20,21)/b19-11-. The normalized spacial score (nSPS) is 10.9. The van der Waals surface area contributed by atoms with Crippen LogP contribution >= 0.6 is 22.6 Å². The lowest BCUT2D eigenvalue weighted by Gasteiger charge is -2.09.